The molecule has 0 aliphatic rings. The number of aromatic carboxylic acids is 1. The first-order valence-corrected chi connectivity index (χ1v) is 5.45. The van der Waals surface area contributed by atoms with Crippen LogP contribution in [0.2, 0.25) is 0 Å². The maximum absolute atomic E-state index is 10.9. The van der Waals surface area contributed by atoms with E-state index in [0.717, 1.165) is 5.56 Å². The number of nitrogens with zero attached hydrogens (tertiary/aromatic N) is 3. The normalized spacial score (nSPS) is 11.0. The number of benzene rings is 1. The van der Waals surface area contributed by atoms with Gasteiger partial charge >= 0.3 is 5.97 Å². The molecule has 0 spiro atoms. The van der Waals surface area contributed by atoms with Crippen LogP contribution in [0, 0.1) is 6.92 Å². The van der Waals surface area contributed by atoms with Gasteiger partial charge in [-0.3, -0.25) is 0 Å². The minimum absolute atomic E-state index is 0.0409. The molecule has 0 fully saturated rings. The van der Waals surface area contributed by atoms with E-state index < -0.39 is 5.97 Å². The molecular weight excluding hydrogens is 230 g/mol. The van der Waals surface area contributed by atoms with Crippen molar-refractivity contribution >= 4 is 18.1 Å². The molecule has 0 aliphatic heterocycles. The molecule has 0 atom stereocenters. The third kappa shape index (κ3) is 2.45. The van der Waals surface area contributed by atoms with Crippen molar-refractivity contribution in [1.82, 2.24) is 15.0 Å². The second-order valence-electron chi connectivity index (χ2n) is 4.00. The highest BCUT2D eigenvalue weighted by Crippen LogP contribution is 2.11. The Bertz CT molecular complexity index is 597. The Labute approximate surface area is 104 Å². The Morgan fingerprint density at radius 2 is 1.94 bits per heavy atom. The first-order chi connectivity index (χ1) is 8.58. The molecule has 0 radical (unpaired) electrons. The van der Waals surface area contributed by atoms with E-state index in [4.69, 9.17) is 5.11 Å². The van der Waals surface area contributed by atoms with Crippen LogP contribution in [-0.2, 0) is 7.05 Å². The minimum atomic E-state index is -1.08. The van der Waals surface area contributed by atoms with E-state index in [-0.39, 0.29) is 5.69 Å². The van der Waals surface area contributed by atoms with E-state index in [1.807, 2.05) is 37.3 Å². The molecule has 2 rings (SSSR count). The van der Waals surface area contributed by atoms with Gasteiger partial charge in [0.2, 0.25) is 0 Å². The Morgan fingerprint density at radius 1 is 1.28 bits per heavy atom. The first-order valence-electron chi connectivity index (χ1n) is 5.45. The molecule has 1 aromatic carbocycles. The summed E-state index contributed by atoms with van der Waals surface area (Å²) in [7, 11) is 1.66. The summed E-state index contributed by atoms with van der Waals surface area (Å²) in [5, 5.41) is 16.3. The number of rotatable bonds is 3. The smallest absolute Gasteiger partial charge is 0.358 e. The lowest BCUT2D eigenvalue weighted by Gasteiger charge is -1.96. The van der Waals surface area contributed by atoms with Crippen molar-refractivity contribution < 1.29 is 9.90 Å². The molecule has 1 N–H and O–H groups in total. The van der Waals surface area contributed by atoms with Crippen LogP contribution in [0.4, 0.5) is 0 Å². The van der Waals surface area contributed by atoms with E-state index in [9.17, 15) is 4.79 Å². The quantitative estimate of drug-likeness (QED) is 0.895. The summed E-state index contributed by atoms with van der Waals surface area (Å²) < 4.78 is 1.44. The number of carboxylic acid groups (broad SMARTS) is 1. The number of aromatic nitrogens is 3. The van der Waals surface area contributed by atoms with Crippen molar-refractivity contribution in [2.45, 2.75) is 6.92 Å². The number of carboxylic acids is 1. The third-order valence-corrected chi connectivity index (χ3v) is 2.58. The number of carbonyl (C=O) groups is 1. The van der Waals surface area contributed by atoms with Crippen LogP contribution in [0.5, 0.6) is 0 Å². The van der Waals surface area contributed by atoms with Crippen LogP contribution >= 0.6 is 0 Å². The van der Waals surface area contributed by atoms with Gasteiger partial charge in [0.25, 0.3) is 0 Å². The van der Waals surface area contributed by atoms with E-state index in [0.29, 0.717) is 5.69 Å². The van der Waals surface area contributed by atoms with Crippen LogP contribution in [-0.4, -0.2) is 26.1 Å². The molecule has 2 aromatic rings. The SMILES string of the molecule is Cc1ccc(/C=C/c2c(C(=O)O)nnn2C)cc1. The van der Waals surface area contributed by atoms with Gasteiger partial charge in [-0.1, -0.05) is 41.1 Å². The molecule has 0 aliphatic carbocycles. The van der Waals surface area contributed by atoms with Gasteiger partial charge < -0.3 is 5.11 Å². The molecule has 0 unspecified atom stereocenters. The monoisotopic (exact) mass is 243 g/mol. The fourth-order valence-electron chi connectivity index (χ4n) is 1.56. The fraction of sp³-hybridized carbons (Fsp3) is 0.154. The summed E-state index contributed by atoms with van der Waals surface area (Å²) in [6, 6.07) is 7.94. The van der Waals surface area contributed by atoms with Gasteiger partial charge in [-0.25, -0.2) is 9.48 Å². The van der Waals surface area contributed by atoms with Crippen LogP contribution in [0.15, 0.2) is 24.3 Å². The average molecular weight is 243 g/mol. The summed E-state index contributed by atoms with van der Waals surface area (Å²) in [6.07, 6.45) is 3.54. The van der Waals surface area contributed by atoms with Gasteiger partial charge in [0.15, 0.2) is 5.69 Å². The molecule has 0 amide bonds. The Hall–Kier alpha value is -2.43. The highest BCUT2D eigenvalue weighted by Gasteiger charge is 2.14. The standard InChI is InChI=1S/C13H13N3O2/c1-9-3-5-10(6-4-9)7-8-11-12(13(17)18)14-15-16(11)2/h3-8H,1-2H3,(H,17,18)/b8-7+. The molecule has 0 saturated carbocycles. The fourth-order valence-corrected chi connectivity index (χ4v) is 1.56. The van der Waals surface area contributed by atoms with E-state index in [1.165, 1.54) is 10.2 Å². The van der Waals surface area contributed by atoms with E-state index in [1.54, 1.807) is 13.1 Å². The van der Waals surface area contributed by atoms with Crippen molar-refractivity contribution in [3.05, 3.63) is 46.8 Å². The topological polar surface area (TPSA) is 68.0 Å². The van der Waals surface area contributed by atoms with Crippen molar-refractivity contribution in [2.24, 2.45) is 7.05 Å². The molecule has 1 heterocycles. The van der Waals surface area contributed by atoms with Crippen LogP contribution in [0.1, 0.15) is 27.3 Å². The predicted molar refractivity (Wildman–Crippen MR) is 68.1 cm³/mol. The summed E-state index contributed by atoms with van der Waals surface area (Å²) in [5.74, 6) is -1.08. The maximum atomic E-state index is 10.9. The zero-order chi connectivity index (χ0) is 13.1. The van der Waals surface area contributed by atoms with E-state index >= 15 is 0 Å². The van der Waals surface area contributed by atoms with Crippen molar-refractivity contribution in [3.63, 3.8) is 0 Å². The van der Waals surface area contributed by atoms with Crippen LogP contribution in [0.3, 0.4) is 0 Å². The average Bonchev–Trinajstić information content (AvgIpc) is 2.70. The zero-order valence-corrected chi connectivity index (χ0v) is 10.2. The van der Waals surface area contributed by atoms with Gasteiger partial charge in [0.05, 0.1) is 5.69 Å². The van der Waals surface area contributed by atoms with Crippen LogP contribution < -0.4 is 0 Å². The van der Waals surface area contributed by atoms with Crippen LogP contribution in [0.25, 0.3) is 12.2 Å². The first kappa shape index (κ1) is 12.0. The minimum Gasteiger partial charge on any atom is -0.476 e. The third-order valence-electron chi connectivity index (χ3n) is 2.58. The largest absolute Gasteiger partial charge is 0.476 e. The highest BCUT2D eigenvalue weighted by molar-refractivity contribution is 5.90. The molecule has 1 aromatic heterocycles. The maximum Gasteiger partial charge on any atom is 0.358 e. The molecule has 5 nitrogen and oxygen atoms in total. The van der Waals surface area contributed by atoms with Gasteiger partial charge in [0.1, 0.15) is 0 Å². The van der Waals surface area contributed by atoms with Crippen molar-refractivity contribution in [3.8, 4) is 0 Å². The van der Waals surface area contributed by atoms with Gasteiger partial charge in [0, 0.05) is 7.05 Å². The molecular formula is C13H13N3O2. The summed E-state index contributed by atoms with van der Waals surface area (Å²) in [4.78, 5) is 10.9. The highest BCUT2D eigenvalue weighted by atomic mass is 16.4. The lowest BCUT2D eigenvalue weighted by atomic mass is 10.1. The molecule has 0 bridgehead atoms. The lowest BCUT2D eigenvalue weighted by Crippen LogP contribution is -2.01. The second kappa shape index (κ2) is 4.83. The second-order valence-corrected chi connectivity index (χ2v) is 4.00. The van der Waals surface area contributed by atoms with Crippen molar-refractivity contribution in [2.75, 3.05) is 0 Å². The molecule has 92 valence electrons. The number of hydrogen-bond donors (Lipinski definition) is 1. The summed E-state index contributed by atoms with van der Waals surface area (Å²) >= 11 is 0. The van der Waals surface area contributed by atoms with Gasteiger partial charge in [-0.15, -0.1) is 5.10 Å². The molecule has 0 saturated heterocycles. The van der Waals surface area contributed by atoms with Gasteiger partial charge in [-0.2, -0.15) is 0 Å². The zero-order valence-electron chi connectivity index (χ0n) is 10.2. The van der Waals surface area contributed by atoms with Crippen molar-refractivity contribution in [1.29, 1.82) is 0 Å². The van der Waals surface area contributed by atoms with E-state index in [2.05, 4.69) is 10.3 Å². The Balaban J connectivity index is 2.31. The van der Waals surface area contributed by atoms with Gasteiger partial charge in [-0.05, 0) is 18.6 Å². The Morgan fingerprint density at radius 3 is 2.56 bits per heavy atom. The predicted octanol–water partition coefficient (Wildman–Crippen LogP) is 1.99. The molecule has 5 heteroatoms. The molecule has 18 heavy (non-hydrogen) atoms. The summed E-state index contributed by atoms with van der Waals surface area (Å²) in [5.41, 5.74) is 2.61. The number of hydrogen-bond acceptors (Lipinski definition) is 3. The lowest BCUT2D eigenvalue weighted by molar-refractivity contribution is 0.0690. The summed E-state index contributed by atoms with van der Waals surface area (Å²) in [6.45, 7) is 2.01. The number of aryl methyl sites for hydroxylation is 2. The Kier molecular flexibility index (Phi) is 3.23.